The van der Waals surface area contributed by atoms with E-state index in [2.05, 4.69) is 22.3 Å². The van der Waals surface area contributed by atoms with Gasteiger partial charge in [-0.15, -0.1) is 0 Å². The number of likely N-dealkylation sites (N-methyl/N-ethyl adjacent to an activating group) is 1. The fourth-order valence-electron chi connectivity index (χ4n) is 3.93. The molecule has 7 heteroatoms. The summed E-state index contributed by atoms with van der Waals surface area (Å²) >= 11 is 12.1. The molecular weight excluding hydrogens is 421 g/mol. The van der Waals surface area contributed by atoms with Gasteiger partial charge in [-0.1, -0.05) is 59.6 Å². The molecule has 5 nitrogen and oxygen atoms in total. The average Bonchev–Trinajstić information content (AvgIpc) is 3.20. The maximum atomic E-state index is 13.1. The Labute approximate surface area is 188 Å². The van der Waals surface area contributed by atoms with E-state index in [-0.39, 0.29) is 25.0 Å². The van der Waals surface area contributed by atoms with Crippen LogP contribution < -0.4 is 5.32 Å². The fourth-order valence-corrected chi connectivity index (χ4v) is 4.25. The Morgan fingerprint density at radius 2 is 2.00 bits per heavy atom. The summed E-state index contributed by atoms with van der Waals surface area (Å²) in [5.74, 6) is 0.0383. The number of rotatable bonds is 9. The summed E-state index contributed by atoms with van der Waals surface area (Å²) in [6.07, 6.45) is 1.32. The standard InChI is InChI=1S/C23H29Cl2N3O2/c1-27(23(30)14-17-7-8-20(24)21(25)13-17)22(18-5-3-2-4-6-18)16-28-11-9-19(15-28)26-10-12-29/h2-8,13,19,22,26,29H,9-12,14-16H2,1H3/t19?,22-/m1/s1. The summed E-state index contributed by atoms with van der Waals surface area (Å²) < 4.78 is 0. The molecule has 1 saturated heterocycles. The first-order valence-corrected chi connectivity index (χ1v) is 11.0. The number of aliphatic hydroxyl groups is 1. The minimum Gasteiger partial charge on any atom is -0.395 e. The van der Waals surface area contributed by atoms with Crippen molar-refractivity contribution in [1.82, 2.24) is 15.1 Å². The van der Waals surface area contributed by atoms with Gasteiger partial charge in [-0.25, -0.2) is 0 Å². The highest BCUT2D eigenvalue weighted by Crippen LogP contribution is 2.26. The van der Waals surface area contributed by atoms with Crippen LogP contribution in [0.1, 0.15) is 23.6 Å². The van der Waals surface area contributed by atoms with Crippen molar-refractivity contribution in [3.8, 4) is 0 Å². The number of halogens is 2. The summed E-state index contributed by atoms with van der Waals surface area (Å²) in [6, 6.07) is 15.8. The quantitative estimate of drug-likeness (QED) is 0.615. The van der Waals surface area contributed by atoms with Gasteiger partial charge in [-0.05, 0) is 36.2 Å². The van der Waals surface area contributed by atoms with E-state index in [4.69, 9.17) is 28.3 Å². The maximum Gasteiger partial charge on any atom is 0.227 e. The smallest absolute Gasteiger partial charge is 0.227 e. The number of carbonyl (C=O) groups excluding carboxylic acids is 1. The molecule has 1 amide bonds. The molecule has 1 aliphatic heterocycles. The third-order valence-corrected chi connectivity index (χ3v) is 6.37. The molecule has 2 aromatic rings. The average molecular weight is 450 g/mol. The number of amides is 1. The highest BCUT2D eigenvalue weighted by Gasteiger charge is 2.28. The molecule has 0 aliphatic carbocycles. The molecule has 2 N–H and O–H groups in total. The zero-order chi connectivity index (χ0) is 21.5. The number of aliphatic hydroxyl groups excluding tert-OH is 1. The molecule has 0 bridgehead atoms. The summed E-state index contributed by atoms with van der Waals surface area (Å²) in [6.45, 7) is 3.42. The van der Waals surface area contributed by atoms with Crippen molar-refractivity contribution in [2.45, 2.75) is 24.9 Å². The minimum absolute atomic E-state index is 0.0383. The van der Waals surface area contributed by atoms with Crippen LogP contribution in [0.4, 0.5) is 0 Å². The van der Waals surface area contributed by atoms with Crippen molar-refractivity contribution >= 4 is 29.1 Å². The number of nitrogens with one attached hydrogen (secondary N) is 1. The predicted molar refractivity (Wildman–Crippen MR) is 122 cm³/mol. The van der Waals surface area contributed by atoms with Gasteiger partial charge in [-0.3, -0.25) is 9.69 Å². The first-order valence-electron chi connectivity index (χ1n) is 10.3. The molecule has 1 unspecified atom stereocenters. The zero-order valence-corrected chi connectivity index (χ0v) is 18.7. The van der Waals surface area contributed by atoms with Crippen LogP contribution in [0.25, 0.3) is 0 Å². The van der Waals surface area contributed by atoms with Crippen LogP contribution in [0, 0.1) is 0 Å². The second kappa shape index (κ2) is 11.1. The maximum absolute atomic E-state index is 13.1. The van der Waals surface area contributed by atoms with Crippen LogP contribution in [0.15, 0.2) is 48.5 Å². The molecule has 3 rings (SSSR count). The van der Waals surface area contributed by atoms with Crippen molar-refractivity contribution in [2.24, 2.45) is 0 Å². The summed E-state index contributed by atoms with van der Waals surface area (Å²) in [5, 5.41) is 13.4. The summed E-state index contributed by atoms with van der Waals surface area (Å²) in [7, 11) is 1.87. The van der Waals surface area contributed by atoms with Crippen LogP contribution >= 0.6 is 23.2 Å². The number of carbonyl (C=O) groups is 1. The van der Waals surface area contributed by atoms with E-state index >= 15 is 0 Å². The van der Waals surface area contributed by atoms with Gasteiger partial charge in [0.1, 0.15) is 0 Å². The predicted octanol–water partition coefficient (Wildman–Crippen LogP) is 3.39. The molecule has 0 spiro atoms. The first-order chi connectivity index (χ1) is 14.5. The van der Waals surface area contributed by atoms with E-state index in [1.54, 1.807) is 12.1 Å². The van der Waals surface area contributed by atoms with Gasteiger partial charge >= 0.3 is 0 Å². The van der Waals surface area contributed by atoms with Crippen molar-refractivity contribution < 1.29 is 9.90 Å². The Kier molecular flexibility index (Phi) is 8.54. The molecule has 0 aromatic heterocycles. The van der Waals surface area contributed by atoms with Gasteiger partial charge in [0, 0.05) is 32.7 Å². The molecule has 30 heavy (non-hydrogen) atoms. The van der Waals surface area contributed by atoms with Crippen molar-refractivity contribution in [3.63, 3.8) is 0 Å². The van der Waals surface area contributed by atoms with E-state index < -0.39 is 0 Å². The molecule has 2 aromatic carbocycles. The molecule has 0 radical (unpaired) electrons. The molecule has 1 aliphatic rings. The Bertz CT molecular complexity index is 834. The van der Waals surface area contributed by atoms with Crippen molar-refractivity contribution in [1.29, 1.82) is 0 Å². The second-order valence-electron chi connectivity index (χ2n) is 7.78. The molecule has 0 saturated carbocycles. The van der Waals surface area contributed by atoms with E-state index in [0.717, 1.165) is 37.2 Å². The SMILES string of the molecule is CN(C(=O)Cc1ccc(Cl)c(Cl)c1)[C@H](CN1CCC(NCCO)C1)c1ccccc1. The van der Waals surface area contributed by atoms with Crippen molar-refractivity contribution in [3.05, 3.63) is 69.7 Å². The number of hydrogen-bond donors (Lipinski definition) is 2. The van der Waals surface area contributed by atoms with E-state index in [0.29, 0.717) is 22.6 Å². The van der Waals surface area contributed by atoms with E-state index in [1.807, 2.05) is 36.2 Å². The highest BCUT2D eigenvalue weighted by atomic mass is 35.5. The van der Waals surface area contributed by atoms with Gasteiger partial charge < -0.3 is 15.3 Å². The lowest BCUT2D eigenvalue weighted by Gasteiger charge is -2.32. The normalized spacial score (nSPS) is 17.8. The number of nitrogens with zero attached hydrogens (tertiary/aromatic N) is 2. The van der Waals surface area contributed by atoms with Crippen LogP contribution in [0.2, 0.25) is 10.0 Å². The fraction of sp³-hybridized carbons (Fsp3) is 0.435. The second-order valence-corrected chi connectivity index (χ2v) is 8.59. The first kappa shape index (κ1) is 23.0. The van der Waals surface area contributed by atoms with Gasteiger partial charge in [0.15, 0.2) is 0 Å². The van der Waals surface area contributed by atoms with Crippen molar-refractivity contribution in [2.75, 3.05) is 39.8 Å². The Hall–Kier alpha value is -1.63. The van der Waals surface area contributed by atoms with Gasteiger partial charge in [0.05, 0.1) is 29.1 Å². The van der Waals surface area contributed by atoms with E-state index in [1.165, 1.54) is 0 Å². The van der Waals surface area contributed by atoms with E-state index in [9.17, 15) is 4.79 Å². The summed E-state index contributed by atoms with van der Waals surface area (Å²) in [5.41, 5.74) is 1.97. The van der Waals surface area contributed by atoms with Crippen LogP contribution in [0.5, 0.6) is 0 Å². The number of likely N-dealkylation sites (tertiary alicyclic amines) is 1. The molecular formula is C23H29Cl2N3O2. The third kappa shape index (κ3) is 6.19. The minimum atomic E-state index is -0.0435. The largest absolute Gasteiger partial charge is 0.395 e. The Morgan fingerprint density at radius 3 is 2.70 bits per heavy atom. The monoisotopic (exact) mass is 449 g/mol. The lowest BCUT2D eigenvalue weighted by molar-refractivity contribution is -0.131. The topological polar surface area (TPSA) is 55.8 Å². The Balaban J connectivity index is 1.70. The van der Waals surface area contributed by atoms with Gasteiger partial charge in [0.2, 0.25) is 5.91 Å². The molecule has 2 atom stereocenters. The van der Waals surface area contributed by atoms with Gasteiger partial charge in [0.25, 0.3) is 0 Å². The molecule has 1 heterocycles. The Morgan fingerprint density at radius 1 is 1.23 bits per heavy atom. The highest BCUT2D eigenvalue weighted by molar-refractivity contribution is 6.42. The number of benzene rings is 2. The molecule has 162 valence electrons. The zero-order valence-electron chi connectivity index (χ0n) is 17.2. The lowest BCUT2D eigenvalue weighted by Crippen LogP contribution is -2.40. The molecule has 1 fully saturated rings. The van der Waals surface area contributed by atoms with Crippen LogP contribution in [-0.4, -0.2) is 66.7 Å². The summed E-state index contributed by atoms with van der Waals surface area (Å²) in [4.78, 5) is 17.3. The number of hydrogen-bond acceptors (Lipinski definition) is 4. The van der Waals surface area contributed by atoms with Crippen LogP contribution in [-0.2, 0) is 11.2 Å². The lowest BCUT2D eigenvalue weighted by atomic mass is 10.0. The third-order valence-electron chi connectivity index (χ3n) is 5.63. The van der Waals surface area contributed by atoms with Gasteiger partial charge in [-0.2, -0.15) is 0 Å². The van der Waals surface area contributed by atoms with Crippen LogP contribution in [0.3, 0.4) is 0 Å².